The minimum atomic E-state index is -0.387. The van der Waals surface area contributed by atoms with Crippen LogP contribution in [0.3, 0.4) is 0 Å². The van der Waals surface area contributed by atoms with Crippen LogP contribution in [0.2, 0.25) is 0 Å². The van der Waals surface area contributed by atoms with Crippen LogP contribution >= 0.6 is 0 Å². The molecule has 1 aliphatic rings. The van der Waals surface area contributed by atoms with Crippen molar-refractivity contribution in [3.63, 3.8) is 0 Å². The molecule has 0 radical (unpaired) electrons. The van der Waals surface area contributed by atoms with Crippen LogP contribution in [0.25, 0.3) is 10.9 Å². The van der Waals surface area contributed by atoms with Crippen LogP contribution in [0.15, 0.2) is 85.1 Å². The molecular formula is C33H37N7O2. The van der Waals surface area contributed by atoms with Crippen molar-refractivity contribution in [1.82, 2.24) is 30.4 Å². The molecule has 3 N–H and O–H groups in total. The number of fused-ring (bicyclic) bond motifs is 1. The van der Waals surface area contributed by atoms with Crippen molar-refractivity contribution in [2.75, 3.05) is 38.2 Å². The summed E-state index contributed by atoms with van der Waals surface area (Å²) in [5, 5.41) is 17.1. The predicted octanol–water partition coefficient (Wildman–Crippen LogP) is 3.74. The molecule has 9 nitrogen and oxygen atoms in total. The number of H-pyrrole nitrogens is 1. The summed E-state index contributed by atoms with van der Waals surface area (Å²) in [6.45, 7) is 3.16. The van der Waals surface area contributed by atoms with E-state index in [0.717, 1.165) is 54.4 Å². The molecule has 6 rings (SSSR count). The van der Waals surface area contributed by atoms with Crippen molar-refractivity contribution in [3.8, 4) is 5.75 Å². The molecule has 1 saturated heterocycles. The first-order valence-electron chi connectivity index (χ1n) is 14.6. The highest BCUT2D eigenvalue weighted by Crippen LogP contribution is 2.23. The van der Waals surface area contributed by atoms with Gasteiger partial charge in [0.2, 0.25) is 11.9 Å². The summed E-state index contributed by atoms with van der Waals surface area (Å²) in [6.07, 6.45) is 4.40. The van der Waals surface area contributed by atoms with Crippen molar-refractivity contribution >= 4 is 22.8 Å². The number of methoxy groups -OCH3 is 1. The number of para-hydroxylation sites is 1. The molecule has 0 saturated carbocycles. The Balaban J connectivity index is 1.20. The van der Waals surface area contributed by atoms with Crippen LogP contribution in [-0.2, 0) is 30.6 Å². The van der Waals surface area contributed by atoms with Crippen LogP contribution in [0.5, 0.6) is 5.75 Å². The number of aromatic nitrogens is 4. The molecule has 3 aromatic carbocycles. The minimum Gasteiger partial charge on any atom is -0.497 e. The molecule has 42 heavy (non-hydrogen) atoms. The average Bonchev–Trinajstić information content (AvgIpc) is 3.64. The fourth-order valence-corrected chi connectivity index (χ4v) is 5.65. The van der Waals surface area contributed by atoms with Crippen LogP contribution in [0, 0.1) is 0 Å². The van der Waals surface area contributed by atoms with E-state index in [1.54, 1.807) is 7.11 Å². The number of anilines is 1. The Labute approximate surface area is 245 Å². The smallest absolute Gasteiger partial charge is 0.244 e. The number of nitrogens with one attached hydrogen (secondary N) is 3. The van der Waals surface area contributed by atoms with Gasteiger partial charge in [0, 0.05) is 49.7 Å². The van der Waals surface area contributed by atoms with Crippen molar-refractivity contribution in [2.24, 2.45) is 0 Å². The summed E-state index contributed by atoms with van der Waals surface area (Å²) >= 11 is 0. The van der Waals surface area contributed by atoms with Gasteiger partial charge in [-0.25, -0.2) is 0 Å². The van der Waals surface area contributed by atoms with Crippen molar-refractivity contribution in [1.29, 1.82) is 0 Å². The maximum atomic E-state index is 13.6. The van der Waals surface area contributed by atoms with Gasteiger partial charge in [-0.05, 0) is 47.7 Å². The molecule has 0 spiro atoms. The summed E-state index contributed by atoms with van der Waals surface area (Å²) in [6, 6.07) is 26.4. The van der Waals surface area contributed by atoms with Crippen molar-refractivity contribution in [2.45, 2.75) is 31.8 Å². The second-order valence-corrected chi connectivity index (χ2v) is 10.6. The molecular weight excluding hydrogens is 526 g/mol. The molecule has 9 heteroatoms. The molecule has 2 aromatic heterocycles. The Morgan fingerprint density at radius 1 is 0.952 bits per heavy atom. The highest BCUT2D eigenvalue weighted by molar-refractivity contribution is 5.86. The van der Waals surface area contributed by atoms with Crippen LogP contribution in [-0.4, -0.2) is 65.0 Å². The van der Waals surface area contributed by atoms with E-state index in [1.807, 2.05) is 36.5 Å². The highest BCUT2D eigenvalue weighted by atomic mass is 16.5. The first-order valence-corrected chi connectivity index (χ1v) is 14.6. The Bertz CT molecular complexity index is 1610. The molecule has 216 valence electrons. The number of amides is 1. The van der Waals surface area contributed by atoms with E-state index in [2.05, 4.69) is 83.8 Å². The number of hydrogen-bond donors (Lipinski definition) is 3. The van der Waals surface area contributed by atoms with Gasteiger partial charge in [-0.15, -0.1) is 10.2 Å². The van der Waals surface area contributed by atoms with Gasteiger partial charge in [0.25, 0.3) is 0 Å². The van der Waals surface area contributed by atoms with Crippen molar-refractivity contribution in [3.05, 3.63) is 108 Å². The molecule has 5 aromatic rings. The maximum Gasteiger partial charge on any atom is 0.244 e. The summed E-state index contributed by atoms with van der Waals surface area (Å²) in [5.74, 6) is 2.44. The van der Waals surface area contributed by atoms with Gasteiger partial charge in [0.15, 0.2) is 0 Å². The van der Waals surface area contributed by atoms with Gasteiger partial charge in [-0.2, -0.15) is 0 Å². The quantitative estimate of drug-likeness (QED) is 0.227. The lowest BCUT2D eigenvalue weighted by molar-refractivity contribution is -0.122. The van der Waals surface area contributed by atoms with Crippen LogP contribution in [0.4, 0.5) is 5.95 Å². The summed E-state index contributed by atoms with van der Waals surface area (Å²) in [7, 11) is 1.67. The number of nitrogens with zero attached hydrogens (tertiary/aromatic N) is 4. The van der Waals surface area contributed by atoms with E-state index >= 15 is 0 Å². The van der Waals surface area contributed by atoms with Gasteiger partial charge in [-0.3, -0.25) is 9.36 Å². The average molecular weight is 564 g/mol. The minimum absolute atomic E-state index is 0.00752. The lowest BCUT2D eigenvalue weighted by Crippen LogP contribution is -2.59. The van der Waals surface area contributed by atoms with Gasteiger partial charge >= 0.3 is 0 Å². The van der Waals surface area contributed by atoms with E-state index in [4.69, 9.17) is 4.74 Å². The molecule has 0 unspecified atom stereocenters. The fourth-order valence-electron chi connectivity index (χ4n) is 5.65. The lowest BCUT2D eigenvalue weighted by atomic mass is 10.1. The predicted molar refractivity (Wildman–Crippen MR) is 165 cm³/mol. The van der Waals surface area contributed by atoms with Gasteiger partial charge in [-0.1, -0.05) is 60.7 Å². The first-order chi connectivity index (χ1) is 20.7. The van der Waals surface area contributed by atoms with E-state index in [9.17, 15) is 4.79 Å². The number of piperazine rings is 1. The number of aryl methyl sites for hydroxylation is 2. The van der Waals surface area contributed by atoms with E-state index < -0.39 is 0 Å². The first kappa shape index (κ1) is 27.5. The van der Waals surface area contributed by atoms with Gasteiger partial charge in [0.05, 0.1) is 13.7 Å². The molecule has 1 amide bonds. The van der Waals surface area contributed by atoms with Crippen molar-refractivity contribution < 1.29 is 9.53 Å². The van der Waals surface area contributed by atoms with Gasteiger partial charge < -0.3 is 25.3 Å². The zero-order chi connectivity index (χ0) is 28.7. The number of hydrogen-bond acceptors (Lipinski definition) is 6. The number of carbonyl (C=O) groups excluding carboxylic acids is 1. The maximum absolute atomic E-state index is 13.6. The number of ether oxygens (including phenoxy) is 1. The topological polar surface area (TPSA) is 100 Å². The third-order valence-electron chi connectivity index (χ3n) is 7.96. The summed E-state index contributed by atoms with van der Waals surface area (Å²) in [4.78, 5) is 19.0. The van der Waals surface area contributed by atoms with E-state index in [-0.39, 0.29) is 11.9 Å². The Morgan fingerprint density at radius 3 is 2.60 bits per heavy atom. The number of benzene rings is 3. The Morgan fingerprint density at radius 2 is 1.76 bits per heavy atom. The Kier molecular flexibility index (Phi) is 8.46. The third-order valence-corrected chi connectivity index (χ3v) is 7.96. The monoisotopic (exact) mass is 563 g/mol. The van der Waals surface area contributed by atoms with Crippen LogP contribution in [0.1, 0.15) is 22.5 Å². The SMILES string of the molecule is COc1ccc(Cn2c(CCc3ccccc3)nnc2N2CCNC[C@@H]2C(=O)NCCc2c[nH]c3ccccc23)cc1. The second kappa shape index (κ2) is 12.9. The Hall–Kier alpha value is -4.63. The van der Waals surface area contributed by atoms with Gasteiger partial charge in [0.1, 0.15) is 17.6 Å². The lowest BCUT2D eigenvalue weighted by Gasteiger charge is -2.36. The molecule has 0 aliphatic carbocycles. The second-order valence-electron chi connectivity index (χ2n) is 10.6. The third kappa shape index (κ3) is 6.16. The molecule has 1 fully saturated rings. The van der Waals surface area contributed by atoms with E-state index in [0.29, 0.717) is 26.2 Å². The number of aromatic amines is 1. The molecule has 3 heterocycles. The largest absolute Gasteiger partial charge is 0.497 e. The standard InChI is InChI=1S/C33H37N7O2/c1-42-27-14-11-25(12-15-27)23-40-31(16-13-24-7-3-2-4-8-24)37-38-33(40)39-20-19-34-22-30(39)32(41)35-18-17-26-21-36-29-10-6-5-9-28(26)29/h2-12,14-15,21,30,34,36H,13,16-20,22-23H2,1H3,(H,35,41)/t30-/m1/s1. The zero-order valence-electron chi connectivity index (χ0n) is 23.9. The summed E-state index contributed by atoms with van der Waals surface area (Å²) < 4.78 is 7.53. The highest BCUT2D eigenvalue weighted by Gasteiger charge is 2.32. The number of rotatable bonds is 11. The van der Waals surface area contributed by atoms with E-state index in [1.165, 1.54) is 16.5 Å². The molecule has 1 aliphatic heterocycles. The zero-order valence-corrected chi connectivity index (χ0v) is 23.9. The normalized spacial score (nSPS) is 15.2. The number of carbonyl (C=O) groups is 1. The van der Waals surface area contributed by atoms with Crippen LogP contribution < -0.4 is 20.3 Å². The molecule has 1 atom stereocenters. The summed E-state index contributed by atoms with van der Waals surface area (Å²) in [5.41, 5.74) is 4.69. The fraction of sp³-hybridized carbons (Fsp3) is 0.303. The molecule has 0 bridgehead atoms.